The van der Waals surface area contributed by atoms with Gasteiger partial charge in [0.05, 0.1) is 12.5 Å². The van der Waals surface area contributed by atoms with Crippen molar-refractivity contribution >= 4 is 16.7 Å². The normalized spacial score (nSPS) is 16.2. The van der Waals surface area contributed by atoms with E-state index in [2.05, 4.69) is 55.2 Å². The topological polar surface area (TPSA) is 33.4 Å². The first-order valence-corrected chi connectivity index (χ1v) is 9.53. The van der Waals surface area contributed by atoms with Crippen molar-refractivity contribution < 1.29 is 13.4 Å². The fraction of sp³-hybridized carbons (Fsp3) is 0.0800. The molecule has 4 heteroatoms. The summed E-state index contributed by atoms with van der Waals surface area (Å²) >= 11 is 0. The quantitative estimate of drug-likeness (QED) is 0.600. The molecular weight excluding hydrogens is 360 g/mol. The van der Waals surface area contributed by atoms with Gasteiger partial charge < -0.3 is 13.7 Å². The first kappa shape index (κ1) is 17.3. The summed E-state index contributed by atoms with van der Waals surface area (Å²) < 4.78 is 13.8. The van der Waals surface area contributed by atoms with E-state index in [1.165, 1.54) is 0 Å². The molecule has 3 aromatic heterocycles. The van der Waals surface area contributed by atoms with E-state index in [-0.39, 0.29) is 0 Å². The Labute approximate surface area is 169 Å². The number of nitrogens with zero attached hydrogens (tertiary/aromatic N) is 2. The monoisotopic (exact) mass is 381 g/mol. The SMILES string of the molecule is CN1C=CC(=C2C=C(c3cc[n+](C)cc3)C(c3ccco3)=C2c2ccco2)C=C1. The molecule has 0 radical (unpaired) electrons. The number of hydrogen-bond acceptors (Lipinski definition) is 3. The molecule has 5 rings (SSSR count). The van der Waals surface area contributed by atoms with Crippen molar-refractivity contribution in [3.05, 3.63) is 120 Å². The zero-order valence-electron chi connectivity index (χ0n) is 16.4. The molecule has 1 aliphatic heterocycles. The molecule has 4 nitrogen and oxygen atoms in total. The van der Waals surface area contributed by atoms with Crippen LogP contribution in [0.2, 0.25) is 0 Å². The minimum Gasteiger partial charge on any atom is -0.464 e. The van der Waals surface area contributed by atoms with E-state index in [1.54, 1.807) is 12.5 Å². The van der Waals surface area contributed by atoms with E-state index < -0.39 is 0 Å². The van der Waals surface area contributed by atoms with Crippen molar-refractivity contribution in [2.24, 2.45) is 7.05 Å². The van der Waals surface area contributed by atoms with Gasteiger partial charge >= 0.3 is 0 Å². The summed E-state index contributed by atoms with van der Waals surface area (Å²) in [6.07, 6.45) is 18.2. The smallest absolute Gasteiger partial charge is 0.169 e. The molecule has 1 aliphatic carbocycles. The molecule has 0 amide bonds. The van der Waals surface area contributed by atoms with E-state index in [9.17, 15) is 0 Å². The Hall–Kier alpha value is -3.79. The summed E-state index contributed by atoms with van der Waals surface area (Å²) in [6.45, 7) is 0. The van der Waals surface area contributed by atoms with Gasteiger partial charge in [0.1, 0.15) is 18.6 Å². The van der Waals surface area contributed by atoms with Crippen LogP contribution >= 0.6 is 0 Å². The van der Waals surface area contributed by atoms with Crippen LogP contribution in [0.25, 0.3) is 16.7 Å². The Morgan fingerprint density at radius 2 is 1.45 bits per heavy atom. The maximum absolute atomic E-state index is 5.86. The first-order valence-electron chi connectivity index (χ1n) is 9.53. The van der Waals surface area contributed by atoms with Crippen LogP contribution < -0.4 is 4.57 Å². The summed E-state index contributed by atoms with van der Waals surface area (Å²) in [6, 6.07) is 12.1. The largest absolute Gasteiger partial charge is 0.464 e. The van der Waals surface area contributed by atoms with Crippen molar-refractivity contribution in [2.75, 3.05) is 7.05 Å². The molecule has 0 aromatic carbocycles. The zero-order valence-corrected chi connectivity index (χ0v) is 16.4. The fourth-order valence-electron chi connectivity index (χ4n) is 3.73. The second-order valence-electron chi connectivity index (χ2n) is 7.18. The molecule has 0 unspecified atom stereocenters. The number of rotatable bonds is 3. The van der Waals surface area contributed by atoms with E-state index in [0.29, 0.717) is 0 Å². The summed E-state index contributed by atoms with van der Waals surface area (Å²) in [4.78, 5) is 2.03. The van der Waals surface area contributed by atoms with Gasteiger partial charge in [0.25, 0.3) is 0 Å². The van der Waals surface area contributed by atoms with Crippen molar-refractivity contribution in [2.45, 2.75) is 0 Å². The van der Waals surface area contributed by atoms with Gasteiger partial charge in [0.15, 0.2) is 12.4 Å². The number of allylic oxidation sites excluding steroid dienone is 8. The summed E-state index contributed by atoms with van der Waals surface area (Å²) in [7, 11) is 4.04. The van der Waals surface area contributed by atoms with E-state index in [1.807, 2.05) is 47.8 Å². The molecule has 3 aromatic rings. The molecule has 0 saturated heterocycles. The minimum atomic E-state index is 0.826. The average molecular weight is 381 g/mol. The van der Waals surface area contributed by atoms with E-state index >= 15 is 0 Å². The Kier molecular flexibility index (Phi) is 4.17. The molecule has 0 spiro atoms. The van der Waals surface area contributed by atoms with Crippen molar-refractivity contribution in [3.63, 3.8) is 0 Å². The van der Waals surface area contributed by atoms with Gasteiger partial charge in [-0.05, 0) is 64.8 Å². The fourth-order valence-corrected chi connectivity index (χ4v) is 3.73. The third-order valence-electron chi connectivity index (χ3n) is 5.19. The summed E-state index contributed by atoms with van der Waals surface area (Å²) in [5, 5.41) is 0. The second kappa shape index (κ2) is 6.99. The molecule has 0 atom stereocenters. The van der Waals surface area contributed by atoms with Gasteiger partial charge in [0, 0.05) is 42.7 Å². The van der Waals surface area contributed by atoms with Gasteiger partial charge in [0.2, 0.25) is 0 Å². The molecule has 0 N–H and O–H groups in total. The standard InChI is InChI=1S/C25H21N2O2/c1-26-11-7-18(8-12-26)20-17-21(19-9-13-27(2)14-10-19)25(23-6-4-16-29-23)24(20)22-5-3-15-28-22/h3-17H,1-2H3/q+1. The highest BCUT2D eigenvalue weighted by Crippen LogP contribution is 2.48. The predicted octanol–water partition coefficient (Wildman–Crippen LogP) is 4.97. The summed E-state index contributed by atoms with van der Waals surface area (Å²) in [5.41, 5.74) is 6.60. The Bertz CT molecular complexity index is 1170. The highest BCUT2D eigenvalue weighted by molar-refractivity contribution is 6.22. The third kappa shape index (κ3) is 3.09. The van der Waals surface area contributed by atoms with Crippen LogP contribution in [0.5, 0.6) is 0 Å². The maximum atomic E-state index is 5.86. The van der Waals surface area contributed by atoms with E-state index in [0.717, 1.165) is 44.9 Å². The maximum Gasteiger partial charge on any atom is 0.169 e. The van der Waals surface area contributed by atoms with Gasteiger partial charge in [-0.15, -0.1) is 0 Å². The lowest BCUT2D eigenvalue weighted by atomic mass is 9.95. The van der Waals surface area contributed by atoms with Crippen LogP contribution in [-0.2, 0) is 7.05 Å². The second-order valence-corrected chi connectivity index (χ2v) is 7.18. The third-order valence-corrected chi connectivity index (χ3v) is 5.19. The Balaban J connectivity index is 1.81. The van der Waals surface area contributed by atoms with Crippen LogP contribution in [0, 0.1) is 0 Å². The number of furan rings is 2. The predicted molar refractivity (Wildman–Crippen MR) is 113 cm³/mol. The minimum absolute atomic E-state index is 0.826. The Morgan fingerprint density at radius 3 is 2.03 bits per heavy atom. The van der Waals surface area contributed by atoms with Gasteiger partial charge in [-0.25, -0.2) is 4.57 Å². The Morgan fingerprint density at radius 1 is 0.828 bits per heavy atom. The van der Waals surface area contributed by atoms with Crippen molar-refractivity contribution in [1.29, 1.82) is 0 Å². The molecular formula is C25H21N2O2+. The van der Waals surface area contributed by atoms with Gasteiger partial charge in [-0.1, -0.05) is 0 Å². The van der Waals surface area contributed by atoms with Crippen LogP contribution in [0.1, 0.15) is 17.1 Å². The van der Waals surface area contributed by atoms with Crippen molar-refractivity contribution in [3.8, 4) is 0 Å². The molecule has 0 saturated carbocycles. The van der Waals surface area contributed by atoms with Crippen molar-refractivity contribution in [1.82, 2.24) is 4.90 Å². The lowest BCUT2D eigenvalue weighted by molar-refractivity contribution is -0.671. The molecule has 4 heterocycles. The lowest BCUT2D eigenvalue weighted by Crippen LogP contribution is -2.25. The van der Waals surface area contributed by atoms with E-state index in [4.69, 9.17) is 8.83 Å². The van der Waals surface area contributed by atoms with Crippen LogP contribution in [0.15, 0.2) is 112 Å². The molecule has 0 fully saturated rings. The number of hydrogen-bond donors (Lipinski definition) is 0. The van der Waals surface area contributed by atoms with Crippen LogP contribution in [0.4, 0.5) is 0 Å². The van der Waals surface area contributed by atoms with Gasteiger partial charge in [-0.2, -0.15) is 0 Å². The molecule has 0 bridgehead atoms. The number of aromatic nitrogens is 1. The van der Waals surface area contributed by atoms with Gasteiger partial charge in [-0.3, -0.25) is 0 Å². The highest BCUT2D eigenvalue weighted by Gasteiger charge is 2.30. The zero-order chi connectivity index (χ0) is 19.8. The van der Waals surface area contributed by atoms with Crippen LogP contribution in [0.3, 0.4) is 0 Å². The first-order chi connectivity index (χ1) is 14.2. The lowest BCUT2D eigenvalue weighted by Gasteiger charge is -2.15. The van der Waals surface area contributed by atoms with Crippen LogP contribution in [-0.4, -0.2) is 11.9 Å². The number of pyridine rings is 1. The average Bonchev–Trinajstić information content (AvgIpc) is 3.48. The number of aryl methyl sites for hydroxylation is 1. The highest BCUT2D eigenvalue weighted by atomic mass is 16.3. The molecule has 2 aliphatic rings. The molecule has 29 heavy (non-hydrogen) atoms. The summed E-state index contributed by atoms with van der Waals surface area (Å²) in [5.74, 6) is 1.65. The molecule has 142 valence electrons.